The molecule has 0 amide bonds. The smallest absolute Gasteiger partial charge is 0.194 e. The van der Waals surface area contributed by atoms with Crippen LogP contribution in [0.15, 0.2) is 29.4 Å². The van der Waals surface area contributed by atoms with Crippen LogP contribution in [0.4, 0.5) is 5.82 Å². The number of rotatable bonds is 4. The minimum absolute atomic E-state index is 0. The summed E-state index contributed by atoms with van der Waals surface area (Å²) in [6.45, 7) is 3.49. The molecule has 1 aromatic rings. The van der Waals surface area contributed by atoms with E-state index in [9.17, 15) is 0 Å². The van der Waals surface area contributed by atoms with Gasteiger partial charge in [0.2, 0.25) is 0 Å². The topological polar surface area (TPSA) is 81.8 Å². The van der Waals surface area contributed by atoms with E-state index in [0.717, 1.165) is 25.9 Å². The number of anilines is 1. The van der Waals surface area contributed by atoms with Gasteiger partial charge in [-0.25, -0.2) is 9.98 Å². The summed E-state index contributed by atoms with van der Waals surface area (Å²) in [7, 11) is 0. The van der Waals surface area contributed by atoms with Crippen molar-refractivity contribution in [1.29, 1.82) is 0 Å². The number of hydrogen-bond acceptors (Lipinski definition) is 4. The number of ether oxygens (including phenoxy) is 2. The summed E-state index contributed by atoms with van der Waals surface area (Å²) in [5, 5.41) is 3.01. The van der Waals surface area contributed by atoms with Crippen LogP contribution in [0.1, 0.15) is 26.2 Å². The van der Waals surface area contributed by atoms with Gasteiger partial charge in [0.25, 0.3) is 0 Å². The number of nitrogens with zero attached hydrogens (tertiary/aromatic N) is 2. The second-order valence-corrected chi connectivity index (χ2v) is 5.46. The highest BCUT2D eigenvalue weighted by Gasteiger charge is 2.59. The zero-order valence-electron chi connectivity index (χ0n) is 12.7. The van der Waals surface area contributed by atoms with Crippen molar-refractivity contribution in [2.24, 2.45) is 10.7 Å². The monoisotopic (exact) mass is 418 g/mol. The molecule has 1 aliphatic heterocycles. The van der Waals surface area contributed by atoms with Crippen molar-refractivity contribution in [3.05, 3.63) is 24.4 Å². The lowest BCUT2D eigenvalue weighted by Crippen LogP contribution is -2.63. The van der Waals surface area contributed by atoms with Crippen LogP contribution >= 0.6 is 24.0 Å². The van der Waals surface area contributed by atoms with Gasteiger partial charge < -0.3 is 20.5 Å². The summed E-state index contributed by atoms with van der Waals surface area (Å²) >= 11 is 0. The predicted octanol–water partition coefficient (Wildman–Crippen LogP) is 2.15. The van der Waals surface area contributed by atoms with Gasteiger partial charge in [-0.05, 0) is 31.9 Å². The van der Waals surface area contributed by atoms with Crippen molar-refractivity contribution < 1.29 is 9.47 Å². The third kappa shape index (κ3) is 3.36. The van der Waals surface area contributed by atoms with E-state index in [1.807, 2.05) is 25.1 Å². The normalized spacial score (nSPS) is 30.7. The molecule has 1 spiro atoms. The Bertz CT molecular complexity index is 506. The van der Waals surface area contributed by atoms with E-state index in [2.05, 4.69) is 15.3 Å². The lowest BCUT2D eigenvalue weighted by atomic mass is 9.70. The molecule has 3 atom stereocenters. The molecule has 1 saturated carbocycles. The van der Waals surface area contributed by atoms with Crippen molar-refractivity contribution in [3.8, 4) is 0 Å². The molecule has 0 bridgehead atoms. The first-order valence-corrected chi connectivity index (χ1v) is 7.51. The lowest BCUT2D eigenvalue weighted by molar-refractivity contribution is -0.188. The first kappa shape index (κ1) is 17.4. The molecule has 2 heterocycles. The van der Waals surface area contributed by atoms with Gasteiger partial charge in [0.05, 0.1) is 12.1 Å². The van der Waals surface area contributed by atoms with Gasteiger partial charge in [0.15, 0.2) is 5.96 Å². The summed E-state index contributed by atoms with van der Waals surface area (Å²) in [4.78, 5) is 8.76. The van der Waals surface area contributed by atoms with E-state index in [-0.39, 0.29) is 41.7 Å². The van der Waals surface area contributed by atoms with E-state index in [4.69, 9.17) is 15.2 Å². The molecule has 2 aliphatic rings. The Hall–Kier alpha value is -0.930. The van der Waals surface area contributed by atoms with Crippen LogP contribution in [0.5, 0.6) is 0 Å². The predicted molar refractivity (Wildman–Crippen MR) is 96.6 cm³/mol. The maximum atomic E-state index is 5.99. The number of aliphatic imine (C=N–C) groups is 1. The number of hydrogen-bond donors (Lipinski definition) is 2. The molecule has 3 N–H and O–H groups in total. The van der Waals surface area contributed by atoms with Crippen molar-refractivity contribution in [2.75, 3.05) is 18.5 Å². The van der Waals surface area contributed by atoms with Crippen LogP contribution in [0.25, 0.3) is 0 Å². The molecule has 0 radical (unpaired) electrons. The van der Waals surface area contributed by atoms with Crippen LogP contribution in [0.3, 0.4) is 0 Å². The highest BCUT2D eigenvalue weighted by Crippen LogP contribution is 2.47. The first-order chi connectivity index (χ1) is 10.2. The van der Waals surface area contributed by atoms with E-state index in [1.54, 1.807) is 6.20 Å². The van der Waals surface area contributed by atoms with E-state index < -0.39 is 0 Å². The Kier molecular flexibility index (Phi) is 5.99. The van der Waals surface area contributed by atoms with Crippen LogP contribution in [-0.4, -0.2) is 41.9 Å². The molecular weight excluding hydrogens is 395 g/mol. The average Bonchev–Trinajstić information content (AvgIpc) is 3.00. The van der Waals surface area contributed by atoms with E-state index in [0.29, 0.717) is 18.4 Å². The second-order valence-electron chi connectivity index (χ2n) is 5.46. The van der Waals surface area contributed by atoms with Gasteiger partial charge in [0, 0.05) is 25.8 Å². The highest BCUT2D eigenvalue weighted by molar-refractivity contribution is 14.0. The summed E-state index contributed by atoms with van der Waals surface area (Å²) < 4.78 is 11.8. The maximum Gasteiger partial charge on any atom is 0.194 e. The Morgan fingerprint density at radius 2 is 2.45 bits per heavy atom. The van der Waals surface area contributed by atoms with E-state index >= 15 is 0 Å². The number of nitrogens with one attached hydrogen (secondary N) is 1. The molecule has 22 heavy (non-hydrogen) atoms. The standard InChI is InChI=1S/C15H22N4O2.HI/c1-2-20-12-10-11(15(12)7-5-9-21-15)18-14(16)19-13-6-3-4-8-17-13;/h3-4,6,8,11-12H,2,5,7,9-10H2,1H3,(H3,16,17,18,19);1H. The molecule has 1 aromatic heterocycles. The Labute approximate surface area is 147 Å². The van der Waals surface area contributed by atoms with Gasteiger partial charge in [-0.15, -0.1) is 24.0 Å². The fourth-order valence-corrected chi connectivity index (χ4v) is 3.20. The number of pyridine rings is 1. The summed E-state index contributed by atoms with van der Waals surface area (Å²) in [5.41, 5.74) is 5.72. The minimum Gasteiger partial charge on any atom is -0.375 e. The number of nitrogens with two attached hydrogens (primary N) is 1. The zero-order chi connectivity index (χ0) is 14.7. The zero-order valence-corrected chi connectivity index (χ0v) is 15.0. The average molecular weight is 418 g/mol. The van der Waals surface area contributed by atoms with Gasteiger partial charge >= 0.3 is 0 Å². The SMILES string of the molecule is CCOC1CC(N=C(N)Nc2ccccn2)C12CCCO2.I. The molecule has 0 aromatic carbocycles. The Morgan fingerprint density at radius 1 is 1.59 bits per heavy atom. The van der Waals surface area contributed by atoms with Crippen molar-refractivity contribution >= 4 is 35.8 Å². The van der Waals surface area contributed by atoms with Crippen LogP contribution in [0, 0.1) is 0 Å². The van der Waals surface area contributed by atoms with Crippen LogP contribution in [-0.2, 0) is 9.47 Å². The Balaban J connectivity index is 0.00000176. The molecule has 7 heteroatoms. The highest BCUT2D eigenvalue weighted by atomic mass is 127. The fraction of sp³-hybridized carbons (Fsp3) is 0.600. The molecule has 122 valence electrons. The fourth-order valence-electron chi connectivity index (χ4n) is 3.20. The summed E-state index contributed by atoms with van der Waals surface area (Å²) in [5.74, 6) is 1.07. The number of aromatic nitrogens is 1. The van der Waals surface area contributed by atoms with Crippen molar-refractivity contribution in [2.45, 2.75) is 43.9 Å². The number of guanidine groups is 1. The van der Waals surface area contributed by atoms with Gasteiger partial charge in [0.1, 0.15) is 11.4 Å². The van der Waals surface area contributed by atoms with Gasteiger partial charge in [-0.3, -0.25) is 0 Å². The molecule has 3 unspecified atom stereocenters. The van der Waals surface area contributed by atoms with E-state index in [1.165, 1.54) is 0 Å². The maximum absolute atomic E-state index is 5.99. The Morgan fingerprint density at radius 3 is 3.09 bits per heavy atom. The molecule has 1 aliphatic carbocycles. The summed E-state index contributed by atoms with van der Waals surface area (Å²) in [6, 6.07) is 5.68. The van der Waals surface area contributed by atoms with Crippen LogP contribution < -0.4 is 11.1 Å². The first-order valence-electron chi connectivity index (χ1n) is 7.51. The molecule has 2 fully saturated rings. The molecule has 6 nitrogen and oxygen atoms in total. The summed E-state index contributed by atoms with van der Waals surface area (Å²) in [6.07, 6.45) is 4.76. The molecular formula is C15H23IN4O2. The molecule has 1 saturated heterocycles. The van der Waals surface area contributed by atoms with Crippen molar-refractivity contribution in [3.63, 3.8) is 0 Å². The van der Waals surface area contributed by atoms with Gasteiger partial charge in [-0.1, -0.05) is 6.07 Å². The lowest BCUT2D eigenvalue weighted by Gasteiger charge is -2.50. The third-order valence-electron chi connectivity index (χ3n) is 4.21. The van der Waals surface area contributed by atoms with Crippen molar-refractivity contribution in [1.82, 2.24) is 4.98 Å². The minimum atomic E-state index is -0.271. The van der Waals surface area contributed by atoms with Gasteiger partial charge in [-0.2, -0.15) is 0 Å². The second kappa shape index (κ2) is 7.56. The number of halogens is 1. The third-order valence-corrected chi connectivity index (χ3v) is 4.21. The quantitative estimate of drug-likeness (QED) is 0.445. The largest absolute Gasteiger partial charge is 0.375 e. The van der Waals surface area contributed by atoms with Crippen LogP contribution in [0.2, 0.25) is 0 Å². The molecule has 3 rings (SSSR count).